The van der Waals surface area contributed by atoms with Gasteiger partial charge < -0.3 is 54.7 Å². The van der Waals surface area contributed by atoms with E-state index in [1.54, 1.807) is 30.3 Å². The van der Waals surface area contributed by atoms with Crippen LogP contribution < -0.4 is 14.2 Å². The van der Waals surface area contributed by atoms with Gasteiger partial charge in [-0.1, -0.05) is 18.2 Å². The zero-order chi connectivity index (χ0) is 27.1. The van der Waals surface area contributed by atoms with Crippen molar-refractivity contribution in [3.05, 3.63) is 53.1 Å². The minimum absolute atomic E-state index is 0.0313. The molecule has 1 saturated heterocycles. The third-order valence-electron chi connectivity index (χ3n) is 6.21. The zero-order valence-electron chi connectivity index (χ0n) is 20.6. The van der Waals surface area contributed by atoms with Gasteiger partial charge in [0, 0.05) is 11.5 Å². The summed E-state index contributed by atoms with van der Waals surface area (Å²) in [6.07, 6.45) is -4.04. The Morgan fingerprint density at radius 2 is 1.68 bits per heavy atom. The second-order valence-corrected chi connectivity index (χ2v) is 8.63. The van der Waals surface area contributed by atoms with Crippen LogP contribution in [0.4, 0.5) is 0 Å². The highest BCUT2D eigenvalue weighted by molar-refractivity contribution is 5.60. The third-order valence-corrected chi connectivity index (χ3v) is 6.21. The van der Waals surface area contributed by atoms with Crippen LogP contribution in [0.5, 0.6) is 23.0 Å². The topological polar surface area (TPSA) is 179 Å². The Kier molecular flexibility index (Phi) is 10.1. The number of rotatable bonds is 11. The van der Waals surface area contributed by atoms with Crippen LogP contribution in [0.25, 0.3) is 6.08 Å². The average molecular weight is 523 g/mol. The molecule has 204 valence electrons. The van der Waals surface area contributed by atoms with Gasteiger partial charge in [-0.15, -0.1) is 0 Å². The van der Waals surface area contributed by atoms with Crippen molar-refractivity contribution in [2.75, 3.05) is 34.0 Å². The van der Waals surface area contributed by atoms with E-state index in [2.05, 4.69) is 0 Å². The average Bonchev–Trinajstić information content (AvgIpc) is 2.91. The first kappa shape index (κ1) is 28.7. The molecule has 0 aromatic heterocycles. The van der Waals surface area contributed by atoms with E-state index in [1.807, 2.05) is 0 Å². The van der Waals surface area contributed by atoms with Gasteiger partial charge in [-0.2, -0.15) is 0 Å². The molecule has 1 aliphatic heterocycles. The lowest BCUT2D eigenvalue weighted by atomic mass is 9.90. The molecule has 0 aliphatic carbocycles. The number of phenols is 1. The number of aliphatic hydroxyl groups is 6. The molecule has 2 aromatic carbocycles. The van der Waals surface area contributed by atoms with Crippen LogP contribution in [0.15, 0.2) is 36.4 Å². The predicted octanol–water partition coefficient (Wildman–Crippen LogP) is -0.0878. The fourth-order valence-electron chi connectivity index (χ4n) is 4.20. The predicted molar refractivity (Wildman–Crippen MR) is 132 cm³/mol. The van der Waals surface area contributed by atoms with Crippen LogP contribution in [0.2, 0.25) is 0 Å². The highest BCUT2D eigenvalue weighted by atomic mass is 16.7. The van der Waals surface area contributed by atoms with E-state index >= 15 is 0 Å². The number of ether oxygens (including phenoxy) is 4. The molecule has 37 heavy (non-hydrogen) atoms. The first-order valence-corrected chi connectivity index (χ1v) is 11.7. The van der Waals surface area contributed by atoms with Gasteiger partial charge >= 0.3 is 0 Å². The Labute approximate surface area is 214 Å². The maximum atomic E-state index is 10.5. The van der Waals surface area contributed by atoms with Crippen LogP contribution in [0.3, 0.4) is 0 Å². The summed E-state index contributed by atoms with van der Waals surface area (Å²) < 4.78 is 22.2. The molecule has 1 heterocycles. The fourth-order valence-corrected chi connectivity index (χ4v) is 4.20. The molecule has 0 spiro atoms. The van der Waals surface area contributed by atoms with Crippen molar-refractivity contribution in [2.24, 2.45) is 0 Å². The number of aromatic hydroxyl groups is 1. The highest BCUT2D eigenvalue weighted by Gasteiger charge is 2.45. The molecular formula is C26H34O11. The van der Waals surface area contributed by atoms with E-state index in [1.165, 1.54) is 26.4 Å². The van der Waals surface area contributed by atoms with Crippen molar-refractivity contribution in [1.29, 1.82) is 0 Å². The minimum Gasteiger partial charge on any atom is -0.504 e. The number of hydrogen-bond acceptors (Lipinski definition) is 11. The monoisotopic (exact) mass is 522 g/mol. The quantitative estimate of drug-likeness (QED) is 0.210. The molecular weight excluding hydrogens is 488 g/mol. The minimum atomic E-state index is -1.65. The standard InChI is InChI=1S/C26H34O11/c1-34-19-10-15(5-6-18(19)30)8-16(12-28)17-9-14(4-3-7-27)11-20(35-2)25(17)37-26-24(33)23(32)22(31)21(13-29)36-26/h3-6,9-11,16,21-24,26-33H,7-8,12-13H2,1-2H3/t16-,21+,22+,23-,24+,26-/m0/s1. The molecule has 0 saturated carbocycles. The molecule has 6 atom stereocenters. The normalized spacial score (nSPS) is 24.7. The van der Waals surface area contributed by atoms with Gasteiger partial charge in [0.05, 0.1) is 34.0 Å². The molecule has 1 fully saturated rings. The van der Waals surface area contributed by atoms with Crippen molar-refractivity contribution >= 4 is 6.08 Å². The van der Waals surface area contributed by atoms with E-state index in [4.69, 9.17) is 18.9 Å². The zero-order valence-corrected chi connectivity index (χ0v) is 20.6. The van der Waals surface area contributed by atoms with E-state index in [9.17, 15) is 35.7 Å². The summed E-state index contributed by atoms with van der Waals surface area (Å²) in [5.74, 6) is -0.0162. The maximum absolute atomic E-state index is 10.5. The molecule has 1 aliphatic rings. The van der Waals surface area contributed by atoms with Gasteiger partial charge in [0.1, 0.15) is 24.4 Å². The number of benzene rings is 2. The van der Waals surface area contributed by atoms with Crippen LogP contribution in [-0.4, -0.2) is 100 Å². The summed E-state index contributed by atoms with van der Waals surface area (Å²) in [7, 11) is 2.83. The van der Waals surface area contributed by atoms with Crippen molar-refractivity contribution in [1.82, 2.24) is 0 Å². The molecule has 11 nitrogen and oxygen atoms in total. The van der Waals surface area contributed by atoms with E-state index in [-0.39, 0.29) is 42.6 Å². The number of phenolic OH excluding ortho intramolecular Hbond substituents is 1. The first-order valence-electron chi connectivity index (χ1n) is 11.7. The fraction of sp³-hybridized carbons (Fsp3) is 0.462. The molecule has 0 radical (unpaired) electrons. The van der Waals surface area contributed by atoms with Crippen molar-refractivity contribution in [2.45, 2.75) is 43.0 Å². The summed E-state index contributed by atoms with van der Waals surface area (Å²) >= 11 is 0. The van der Waals surface area contributed by atoms with Crippen LogP contribution in [-0.2, 0) is 11.2 Å². The maximum Gasteiger partial charge on any atom is 0.229 e. The Morgan fingerprint density at radius 1 is 0.946 bits per heavy atom. The Bertz CT molecular complexity index is 1060. The summed E-state index contributed by atoms with van der Waals surface area (Å²) in [4.78, 5) is 0. The lowest BCUT2D eigenvalue weighted by Gasteiger charge is -2.40. The number of hydrogen-bond donors (Lipinski definition) is 7. The summed E-state index contributed by atoms with van der Waals surface area (Å²) in [5.41, 5.74) is 1.83. The van der Waals surface area contributed by atoms with Gasteiger partial charge in [0.25, 0.3) is 0 Å². The molecule has 3 rings (SSSR count). The van der Waals surface area contributed by atoms with Gasteiger partial charge in [0.15, 0.2) is 23.0 Å². The van der Waals surface area contributed by atoms with Crippen molar-refractivity contribution in [3.63, 3.8) is 0 Å². The van der Waals surface area contributed by atoms with E-state index < -0.39 is 43.2 Å². The second-order valence-electron chi connectivity index (χ2n) is 8.63. The molecule has 0 bridgehead atoms. The molecule has 11 heteroatoms. The smallest absolute Gasteiger partial charge is 0.229 e. The summed E-state index contributed by atoms with van der Waals surface area (Å²) in [5, 5.41) is 69.9. The van der Waals surface area contributed by atoms with Gasteiger partial charge in [-0.25, -0.2) is 0 Å². The van der Waals surface area contributed by atoms with E-state index in [0.717, 1.165) is 5.56 Å². The van der Waals surface area contributed by atoms with E-state index in [0.29, 0.717) is 11.1 Å². The van der Waals surface area contributed by atoms with Gasteiger partial charge in [0.2, 0.25) is 6.29 Å². The summed E-state index contributed by atoms with van der Waals surface area (Å²) in [6, 6.07) is 8.14. The largest absolute Gasteiger partial charge is 0.504 e. The molecule has 7 N–H and O–H groups in total. The lowest BCUT2D eigenvalue weighted by Crippen LogP contribution is -2.60. The van der Waals surface area contributed by atoms with Crippen molar-refractivity contribution in [3.8, 4) is 23.0 Å². The lowest BCUT2D eigenvalue weighted by molar-refractivity contribution is -0.277. The molecule has 0 amide bonds. The number of aliphatic hydroxyl groups excluding tert-OH is 6. The Morgan fingerprint density at radius 3 is 2.30 bits per heavy atom. The highest BCUT2D eigenvalue weighted by Crippen LogP contribution is 2.41. The molecule has 0 unspecified atom stereocenters. The van der Waals surface area contributed by atoms with Crippen LogP contribution in [0.1, 0.15) is 22.6 Å². The van der Waals surface area contributed by atoms with Gasteiger partial charge in [-0.05, 0) is 41.8 Å². The van der Waals surface area contributed by atoms with Crippen LogP contribution in [0, 0.1) is 0 Å². The third kappa shape index (κ3) is 6.51. The van der Waals surface area contributed by atoms with Crippen molar-refractivity contribution < 1.29 is 54.7 Å². The Hall–Kier alpha value is -2.90. The second kappa shape index (κ2) is 13.1. The van der Waals surface area contributed by atoms with Crippen LogP contribution >= 0.6 is 0 Å². The summed E-state index contributed by atoms with van der Waals surface area (Å²) in [6.45, 7) is -1.15. The molecule has 2 aromatic rings. The van der Waals surface area contributed by atoms with Gasteiger partial charge in [-0.3, -0.25) is 0 Å². The first-order chi connectivity index (χ1) is 17.8. The SMILES string of the molecule is COc1cc(C[C@@H](CO)c2cc(C=CCO)cc(OC)c2O[C@@H]2O[C@H](CO)[C@@H](O)[C@H](O)[C@H]2O)ccc1O. The number of methoxy groups -OCH3 is 2. The Balaban J connectivity index is 2.06.